The van der Waals surface area contributed by atoms with Crippen molar-refractivity contribution in [2.24, 2.45) is 0 Å². The van der Waals surface area contributed by atoms with Gasteiger partial charge in [0.25, 0.3) is 5.91 Å². The molecule has 4 aromatic rings. The number of fused-ring (bicyclic) bond motifs is 1. The molecule has 1 aromatic carbocycles. The molecule has 0 unspecified atom stereocenters. The lowest BCUT2D eigenvalue weighted by atomic mass is 10.0. The fraction of sp³-hybridized carbons (Fsp3) is 0.259. The number of likely N-dealkylation sites (N-methyl/N-ethyl adjacent to an activating group) is 1. The zero-order valence-corrected chi connectivity index (χ0v) is 20.1. The number of benzene rings is 1. The number of nitrogens with one attached hydrogen (secondary N) is 1. The average molecular weight is 486 g/mol. The molecule has 1 saturated heterocycles. The van der Waals surface area contributed by atoms with Gasteiger partial charge in [-0.3, -0.25) is 9.20 Å². The zero-order chi connectivity index (χ0) is 25.1. The third kappa shape index (κ3) is 5.05. The van der Waals surface area contributed by atoms with Crippen LogP contribution in [-0.4, -0.2) is 67.8 Å². The highest BCUT2D eigenvalue weighted by molar-refractivity contribution is 5.94. The summed E-state index contributed by atoms with van der Waals surface area (Å²) in [5.74, 6) is 0.787. The first-order valence-corrected chi connectivity index (χ1v) is 11.9. The van der Waals surface area contributed by atoms with Crippen LogP contribution in [-0.2, 0) is 0 Å². The minimum absolute atomic E-state index is 0.0239. The second-order valence-corrected chi connectivity index (χ2v) is 9.01. The predicted octanol–water partition coefficient (Wildman–Crippen LogP) is 4.09. The van der Waals surface area contributed by atoms with Gasteiger partial charge in [0.2, 0.25) is 0 Å². The van der Waals surface area contributed by atoms with Gasteiger partial charge >= 0.3 is 0 Å². The maximum atomic E-state index is 13.8. The number of likely N-dealkylation sites (tertiary alicyclic amines) is 1. The number of aromatic nitrogens is 4. The zero-order valence-electron chi connectivity index (χ0n) is 20.1. The number of nitrogens with zero attached hydrogens (tertiary/aromatic N) is 6. The van der Waals surface area contributed by atoms with E-state index >= 15 is 0 Å². The Balaban J connectivity index is 1.23. The number of hydrogen-bond donors (Lipinski definition) is 1. The summed E-state index contributed by atoms with van der Waals surface area (Å²) in [5, 5.41) is 3.51. The van der Waals surface area contributed by atoms with E-state index in [1.807, 2.05) is 36.4 Å². The Labute approximate surface area is 209 Å². The number of halogens is 1. The summed E-state index contributed by atoms with van der Waals surface area (Å²) in [6.07, 6.45) is 6.70. The topological polar surface area (TPSA) is 78.7 Å². The van der Waals surface area contributed by atoms with Crippen molar-refractivity contribution in [2.75, 3.05) is 32.0 Å². The van der Waals surface area contributed by atoms with Crippen LogP contribution in [0.4, 0.5) is 10.2 Å². The lowest BCUT2D eigenvalue weighted by Gasteiger charge is -2.37. The second kappa shape index (κ2) is 10.2. The quantitative estimate of drug-likeness (QED) is 0.425. The van der Waals surface area contributed by atoms with Crippen LogP contribution >= 0.6 is 0 Å². The molecule has 1 atom stereocenters. The Hall–Kier alpha value is -4.27. The highest BCUT2D eigenvalue weighted by Crippen LogP contribution is 2.22. The van der Waals surface area contributed by atoms with Crippen molar-refractivity contribution < 1.29 is 9.18 Å². The van der Waals surface area contributed by atoms with Gasteiger partial charge in [-0.25, -0.2) is 19.3 Å². The lowest BCUT2D eigenvalue weighted by Crippen LogP contribution is -2.44. The van der Waals surface area contributed by atoms with Crippen LogP contribution in [0.3, 0.4) is 0 Å². The lowest BCUT2D eigenvalue weighted by molar-refractivity contribution is 0.0794. The number of piperidine rings is 1. The van der Waals surface area contributed by atoms with Gasteiger partial charge < -0.3 is 15.1 Å². The molecule has 3 aromatic heterocycles. The third-order valence-electron chi connectivity index (χ3n) is 6.36. The van der Waals surface area contributed by atoms with Crippen LogP contribution in [0.25, 0.3) is 17.2 Å². The highest BCUT2D eigenvalue weighted by atomic mass is 19.1. The van der Waals surface area contributed by atoms with Crippen molar-refractivity contribution in [3.05, 3.63) is 90.8 Å². The highest BCUT2D eigenvalue weighted by Gasteiger charge is 2.23. The fourth-order valence-electron chi connectivity index (χ4n) is 4.52. The first-order valence-electron chi connectivity index (χ1n) is 11.9. The molecule has 5 rings (SSSR count). The monoisotopic (exact) mass is 485 g/mol. The van der Waals surface area contributed by atoms with E-state index in [2.05, 4.69) is 31.7 Å². The van der Waals surface area contributed by atoms with E-state index in [4.69, 9.17) is 0 Å². The summed E-state index contributed by atoms with van der Waals surface area (Å²) in [6.45, 7) is 6.37. The largest absolute Gasteiger partial charge is 0.372 e. The molecule has 8 nitrogen and oxygen atoms in total. The van der Waals surface area contributed by atoms with E-state index in [9.17, 15) is 9.18 Å². The summed E-state index contributed by atoms with van der Waals surface area (Å²) < 4.78 is 15.4. The van der Waals surface area contributed by atoms with E-state index < -0.39 is 0 Å². The second-order valence-electron chi connectivity index (χ2n) is 9.01. The fourth-order valence-corrected chi connectivity index (χ4v) is 4.52. The van der Waals surface area contributed by atoms with Gasteiger partial charge in [-0.05, 0) is 43.2 Å². The number of imidazole rings is 1. The Morgan fingerprint density at radius 3 is 2.86 bits per heavy atom. The van der Waals surface area contributed by atoms with Crippen LogP contribution in [0.5, 0.6) is 0 Å². The molecule has 1 N–H and O–H groups in total. The van der Waals surface area contributed by atoms with E-state index in [0.717, 1.165) is 31.6 Å². The molecule has 9 heteroatoms. The first-order chi connectivity index (χ1) is 17.5. The Kier molecular flexibility index (Phi) is 6.62. The van der Waals surface area contributed by atoms with Crippen molar-refractivity contribution >= 4 is 17.4 Å². The van der Waals surface area contributed by atoms with Gasteiger partial charge in [-0.2, -0.15) is 0 Å². The minimum atomic E-state index is -0.352. The molecule has 0 spiro atoms. The Morgan fingerprint density at radius 2 is 2.03 bits per heavy atom. The molecule has 1 aliphatic rings. The summed E-state index contributed by atoms with van der Waals surface area (Å²) in [6, 6.07) is 14.3. The van der Waals surface area contributed by atoms with Crippen LogP contribution in [0.1, 0.15) is 23.2 Å². The van der Waals surface area contributed by atoms with Gasteiger partial charge in [-0.15, -0.1) is 0 Å². The number of rotatable bonds is 7. The van der Waals surface area contributed by atoms with Crippen molar-refractivity contribution in [3.8, 4) is 11.5 Å². The van der Waals surface area contributed by atoms with Gasteiger partial charge in [0, 0.05) is 49.8 Å². The minimum Gasteiger partial charge on any atom is -0.372 e. The number of carbonyl (C=O) groups excluding carboxylic acids is 1. The van der Waals surface area contributed by atoms with Crippen molar-refractivity contribution in [1.29, 1.82) is 0 Å². The molecule has 0 saturated carbocycles. The molecule has 1 fully saturated rings. The molecule has 0 bridgehead atoms. The molecular weight excluding hydrogens is 457 g/mol. The number of amides is 1. The van der Waals surface area contributed by atoms with Gasteiger partial charge in [-0.1, -0.05) is 24.8 Å². The summed E-state index contributed by atoms with van der Waals surface area (Å²) >= 11 is 0. The molecular formula is C27H28FN7O. The van der Waals surface area contributed by atoms with Crippen LogP contribution in [0.15, 0.2) is 79.4 Å². The van der Waals surface area contributed by atoms with Crippen molar-refractivity contribution in [1.82, 2.24) is 29.2 Å². The SMILES string of the molecule is C=C(CN(C)C(=O)c1ccccc1)N1CCC[C@@H](Nc2ccnc(-c3cnc4ccc(F)cn34)n2)C1. The number of pyridine rings is 1. The first kappa shape index (κ1) is 23.5. The van der Waals surface area contributed by atoms with Gasteiger partial charge in [0.05, 0.1) is 12.7 Å². The standard InChI is InChI=1S/C27H28FN7O/c1-19(16-33(2)27(36)20-7-4-3-5-8-20)34-14-6-9-22(18-34)31-24-12-13-29-26(32-24)23-15-30-25-11-10-21(28)17-35(23)25/h3-5,7-8,10-13,15,17,22H,1,6,9,14,16,18H2,2H3,(H,29,31,32)/t22-/m1/s1. The summed E-state index contributed by atoms with van der Waals surface area (Å²) in [5.41, 5.74) is 2.83. The molecule has 4 heterocycles. The van der Waals surface area contributed by atoms with Crippen molar-refractivity contribution in [2.45, 2.75) is 18.9 Å². The maximum absolute atomic E-state index is 13.8. The van der Waals surface area contributed by atoms with E-state index in [1.54, 1.807) is 34.8 Å². The summed E-state index contributed by atoms with van der Waals surface area (Å²) in [7, 11) is 1.80. The van der Waals surface area contributed by atoms with E-state index in [-0.39, 0.29) is 17.8 Å². The number of anilines is 1. The number of hydrogen-bond acceptors (Lipinski definition) is 6. The molecule has 1 amide bonds. The molecule has 184 valence electrons. The van der Waals surface area contributed by atoms with E-state index in [1.165, 1.54) is 12.3 Å². The maximum Gasteiger partial charge on any atom is 0.253 e. The molecule has 0 aliphatic carbocycles. The Morgan fingerprint density at radius 1 is 1.19 bits per heavy atom. The van der Waals surface area contributed by atoms with Crippen LogP contribution in [0.2, 0.25) is 0 Å². The average Bonchev–Trinajstić information content (AvgIpc) is 3.32. The molecule has 0 radical (unpaired) electrons. The molecule has 1 aliphatic heterocycles. The van der Waals surface area contributed by atoms with Crippen LogP contribution in [0, 0.1) is 5.82 Å². The summed E-state index contributed by atoms with van der Waals surface area (Å²) in [4.78, 5) is 30.0. The van der Waals surface area contributed by atoms with Gasteiger partial charge in [0.1, 0.15) is 23.0 Å². The number of carbonyl (C=O) groups is 1. The smallest absolute Gasteiger partial charge is 0.253 e. The predicted molar refractivity (Wildman–Crippen MR) is 137 cm³/mol. The van der Waals surface area contributed by atoms with Crippen molar-refractivity contribution in [3.63, 3.8) is 0 Å². The van der Waals surface area contributed by atoms with E-state index in [0.29, 0.717) is 35.1 Å². The van der Waals surface area contributed by atoms with Crippen LogP contribution < -0.4 is 5.32 Å². The molecule has 36 heavy (non-hydrogen) atoms. The normalized spacial score (nSPS) is 15.6. The Bertz CT molecular complexity index is 1390. The third-order valence-corrected chi connectivity index (χ3v) is 6.36. The van der Waals surface area contributed by atoms with Gasteiger partial charge in [0.15, 0.2) is 5.82 Å².